The van der Waals surface area contributed by atoms with Crippen LogP contribution >= 0.6 is 15.9 Å². The van der Waals surface area contributed by atoms with Crippen LogP contribution < -0.4 is 0 Å². The number of halogens is 1. The molecule has 0 atom stereocenters. The van der Waals surface area contributed by atoms with Gasteiger partial charge in [0.1, 0.15) is 5.78 Å². The first-order chi connectivity index (χ1) is 7.50. The lowest BCUT2D eigenvalue weighted by molar-refractivity contribution is -0.118. The summed E-state index contributed by atoms with van der Waals surface area (Å²) in [7, 11) is 0. The number of ketones is 2. The van der Waals surface area contributed by atoms with E-state index in [1.807, 2.05) is 19.9 Å². The molecule has 0 spiro atoms. The minimum Gasteiger partial charge on any atom is -0.299 e. The molecule has 16 heavy (non-hydrogen) atoms. The highest BCUT2D eigenvalue weighted by Gasteiger charge is 2.14. The number of carbonyl (C=O) groups is 2. The first-order valence-electron chi connectivity index (χ1n) is 5.30. The zero-order valence-electron chi connectivity index (χ0n) is 9.50. The molecule has 0 N–H and O–H groups in total. The first kappa shape index (κ1) is 13.1. The maximum atomic E-state index is 11.8. The summed E-state index contributed by atoms with van der Waals surface area (Å²) in [6, 6.07) is 7.18. The van der Waals surface area contributed by atoms with Gasteiger partial charge >= 0.3 is 0 Å². The van der Waals surface area contributed by atoms with Gasteiger partial charge in [-0.2, -0.15) is 0 Å². The SMILES string of the molecule is CC(C)CC(=O)CC(=O)c1ccccc1Br. The normalized spacial score (nSPS) is 10.5. The largest absolute Gasteiger partial charge is 0.299 e. The van der Waals surface area contributed by atoms with Gasteiger partial charge in [0.2, 0.25) is 0 Å². The highest BCUT2D eigenvalue weighted by atomic mass is 79.9. The van der Waals surface area contributed by atoms with E-state index in [0.29, 0.717) is 17.9 Å². The molecule has 0 saturated heterocycles. The molecular weight excluding hydrogens is 268 g/mol. The monoisotopic (exact) mass is 282 g/mol. The third-order valence-electron chi connectivity index (χ3n) is 2.17. The van der Waals surface area contributed by atoms with E-state index in [4.69, 9.17) is 0 Å². The zero-order valence-corrected chi connectivity index (χ0v) is 11.1. The zero-order chi connectivity index (χ0) is 12.1. The molecular formula is C13H15BrO2. The highest BCUT2D eigenvalue weighted by molar-refractivity contribution is 9.10. The second kappa shape index (κ2) is 5.94. The van der Waals surface area contributed by atoms with E-state index in [1.165, 1.54) is 0 Å². The Kier molecular flexibility index (Phi) is 4.87. The number of rotatable bonds is 5. The first-order valence-corrected chi connectivity index (χ1v) is 6.09. The number of Topliss-reactive ketones (excluding diaryl/α,β-unsaturated/α-hetero) is 2. The molecule has 1 aromatic rings. The average molecular weight is 283 g/mol. The molecule has 0 amide bonds. The molecule has 1 rings (SSSR count). The standard InChI is InChI=1S/C13H15BrO2/c1-9(2)7-10(15)8-13(16)11-5-3-4-6-12(11)14/h3-6,9H,7-8H2,1-2H3. The maximum Gasteiger partial charge on any atom is 0.171 e. The van der Waals surface area contributed by atoms with Crippen molar-refractivity contribution < 1.29 is 9.59 Å². The van der Waals surface area contributed by atoms with Crippen molar-refractivity contribution in [3.8, 4) is 0 Å². The van der Waals surface area contributed by atoms with Crippen molar-refractivity contribution in [2.24, 2.45) is 5.92 Å². The molecule has 0 aliphatic carbocycles. The van der Waals surface area contributed by atoms with E-state index in [2.05, 4.69) is 15.9 Å². The summed E-state index contributed by atoms with van der Waals surface area (Å²) in [5, 5.41) is 0. The van der Waals surface area contributed by atoms with E-state index >= 15 is 0 Å². The van der Waals surface area contributed by atoms with E-state index in [0.717, 1.165) is 4.47 Å². The Labute approximate surface area is 104 Å². The fourth-order valence-electron chi connectivity index (χ4n) is 1.49. The molecule has 0 aliphatic heterocycles. The van der Waals surface area contributed by atoms with Crippen molar-refractivity contribution in [1.29, 1.82) is 0 Å². The molecule has 0 fully saturated rings. The van der Waals surface area contributed by atoms with E-state index < -0.39 is 0 Å². The molecule has 86 valence electrons. The predicted octanol–water partition coefficient (Wildman–Crippen LogP) is 3.64. The summed E-state index contributed by atoms with van der Waals surface area (Å²) in [4.78, 5) is 23.3. The summed E-state index contributed by atoms with van der Waals surface area (Å²) in [5.41, 5.74) is 0.583. The Hall–Kier alpha value is -0.960. The lowest BCUT2D eigenvalue weighted by Gasteiger charge is -2.04. The fourth-order valence-corrected chi connectivity index (χ4v) is 2.00. The third-order valence-corrected chi connectivity index (χ3v) is 2.86. The van der Waals surface area contributed by atoms with Crippen LogP contribution in [0.4, 0.5) is 0 Å². The lowest BCUT2D eigenvalue weighted by atomic mass is 10.0. The average Bonchev–Trinajstić information content (AvgIpc) is 2.16. The van der Waals surface area contributed by atoms with Crippen molar-refractivity contribution >= 4 is 27.5 Å². The Morgan fingerprint density at radius 3 is 2.44 bits per heavy atom. The summed E-state index contributed by atoms with van der Waals surface area (Å²) >= 11 is 3.31. The van der Waals surface area contributed by atoms with E-state index in [-0.39, 0.29) is 18.0 Å². The molecule has 0 aromatic heterocycles. The molecule has 3 heteroatoms. The van der Waals surface area contributed by atoms with Crippen LogP contribution in [0.5, 0.6) is 0 Å². The molecule has 0 saturated carbocycles. The summed E-state index contributed by atoms with van der Waals surface area (Å²) in [6.07, 6.45) is 0.469. The van der Waals surface area contributed by atoms with Crippen LogP contribution in [-0.4, -0.2) is 11.6 Å². The van der Waals surface area contributed by atoms with Gasteiger partial charge in [0, 0.05) is 16.5 Å². The van der Waals surface area contributed by atoms with Gasteiger partial charge in [0.25, 0.3) is 0 Å². The van der Waals surface area contributed by atoms with Crippen molar-refractivity contribution in [2.75, 3.05) is 0 Å². The second-order valence-electron chi connectivity index (χ2n) is 4.22. The Balaban J connectivity index is 2.66. The van der Waals surface area contributed by atoms with Gasteiger partial charge in [-0.05, 0) is 12.0 Å². The van der Waals surface area contributed by atoms with Crippen LogP contribution in [0.2, 0.25) is 0 Å². The Morgan fingerprint density at radius 1 is 1.25 bits per heavy atom. The Morgan fingerprint density at radius 2 is 1.88 bits per heavy atom. The minimum absolute atomic E-state index is 0.000787. The van der Waals surface area contributed by atoms with Crippen LogP contribution in [0.1, 0.15) is 37.0 Å². The smallest absolute Gasteiger partial charge is 0.171 e. The Bertz CT molecular complexity index is 397. The highest BCUT2D eigenvalue weighted by Crippen LogP contribution is 2.18. The summed E-state index contributed by atoms with van der Waals surface area (Å²) in [6.45, 7) is 3.95. The molecule has 1 aromatic carbocycles. The van der Waals surface area contributed by atoms with Gasteiger partial charge < -0.3 is 0 Å². The van der Waals surface area contributed by atoms with Crippen LogP contribution in [0, 0.1) is 5.92 Å². The van der Waals surface area contributed by atoms with Gasteiger partial charge in [-0.25, -0.2) is 0 Å². The number of carbonyl (C=O) groups excluding carboxylic acids is 2. The summed E-state index contributed by atoms with van der Waals surface area (Å²) in [5.74, 6) is 0.202. The van der Waals surface area contributed by atoms with Crippen LogP contribution in [-0.2, 0) is 4.79 Å². The maximum absolute atomic E-state index is 11.8. The van der Waals surface area contributed by atoms with Crippen molar-refractivity contribution in [2.45, 2.75) is 26.7 Å². The molecule has 2 nitrogen and oxygen atoms in total. The van der Waals surface area contributed by atoms with E-state index in [9.17, 15) is 9.59 Å². The number of hydrogen-bond acceptors (Lipinski definition) is 2. The number of benzene rings is 1. The van der Waals surface area contributed by atoms with Crippen molar-refractivity contribution in [1.82, 2.24) is 0 Å². The van der Waals surface area contributed by atoms with Gasteiger partial charge in [-0.15, -0.1) is 0 Å². The fraction of sp³-hybridized carbons (Fsp3) is 0.385. The second-order valence-corrected chi connectivity index (χ2v) is 5.07. The number of hydrogen-bond donors (Lipinski definition) is 0. The summed E-state index contributed by atoms with van der Waals surface area (Å²) < 4.78 is 0.748. The van der Waals surface area contributed by atoms with Crippen molar-refractivity contribution in [3.63, 3.8) is 0 Å². The van der Waals surface area contributed by atoms with Gasteiger partial charge in [-0.1, -0.05) is 48.0 Å². The van der Waals surface area contributed by atoms with Crippen LogP contribution in [0.25, 0.3) is 0 Å². The molecule has 0 aliphatic rings. The van der Waals surface area contributed by atoms with Crippen molar-refractivity contribution in [3.05, 3.63) is 34.3 Å². The van der Waals surface area contributed by atoms with Crippen LogP contribution in [0.3, 0.4) is 0 Å². The van der Waals surface area contributed by atoms with Gasteiger partial charge in [0.15, 0.2) is 5.78 Å². The lowest BCUT2D eigenvalue weighted by Crippen LogP contribution is -2.10. The van der Waals surface area contributed by atoms with Gasteiger partial charge in [-0.3, -0.25) is 9.59 Å². The third kappa shape index (κ3) is 3.89. The molecule has 0 unspecified atom stereocenters. The molecule has 0 radical (unpaired) electrons. The molecule has 0 heterocycles. The minimum atomic E-state index is -0.113. The predicted molar refractivity (Wildman–Crippen MR) is 67.6 cm³/mol. The molecule has 0 bridgehead atoms. The van der Waals surface area contributed by atoms with E-state index in [1.54, 1.807) is 18.2 Å². The van der Waals surface area contributed by atoms with Crippen LogP contribution in [0.15, 0.2) is 28.7 Å². The quantitative estimate of drug-likeness (QED) is 0.610. The topological polar surface area (TPSA) is 34.1 Å². The van der Waals surface area contributed by atoms with Gasteiger partial charge in [0.05, 0.1) is 6.42 Å².